The van der Waals surface area contributed by atoms with E-state index in [0.717, 1.165) is 29.0 Å². The molecule has 1 N–H and O–H groups in total. The molecule has 0 aliphatic heterocycles. The highest BCUT2D eigenvalue weighted by molar-refractivity contribution is 5.75. The van der Waals surface area contributed by atoms with Gasteiger partial charge in [-0.2, -0.15) is 5.26 Å². The van der Waals surface area contributed by atoms with Crippen molar-refractivity contribution in [3.8, 4) is 11.8 Å². The Bertz CT molecular complexity index is 749. The van der Waals surface area contributed by atoms with Crippen LogP contribution >= 0.6 is 0 Å². The lowest BCUT2D eigenvalue weighted by molar-refractivity contribution is -0.140. The minimum Gasteiger partial charge on any atom is -0.493 e. The molecule has 0 aromatic heterocycles. The number of rotatable bonds is 8. The van der Waals surface area contributed by atoms with E-state index >= 15 is 0 Å². The number of carbonyl (C=O) groups is 1. The maximum atomic E-state index is 11.4. The molecule has 25 heavy (non-hydrogen) atoms. The van der Waals surface area contributed by atoms with Crippen molar-refractivity contribution < 1.29 is 14.3 Å². The Morgan fingerprint density at radius 3 is 2.64 bits per heavy atom. The number of nitriles is 1. The number of esters is 1. The Morgan fingerprint density at radius 1 is 1.20 bits per heavy atom. The largest absolute Gasteiger partial charge is 0.493 e. The van der Waals surface area contributed by atoms with Crippen LogP contribution in [0.1, 0.15) is 23.6 Å². The highest BCUT2D eigenvalue weighted by Crippen LogP contribution is 2.21. The van der Waals surface area contributed by atoms with Gasteiger partial charge in [-0.15, -0.1) is 0 Å². The molecule has 0 aliphatic rings. The lowest BCUT2D eigenvalue weighted by Gasteiger charge is -2.11. The third kappa shape index (κ3) is 6.19. The van der Waals surface area contributed by atoms with Crippen molar-refractivity contribution >= 4 is 11.7 Å². The molecule has 0 amide bonds. The van der Waals surface area contributed by atoms with Gasteiger partial charge in [-0.05, 0) is 49.2 Å². The van der Waals surface area contributed by atoms with Crippen molar-refractivity contribution in [1.82, 2.24) is 0 Å². The van der Waals surface area contributed by atoms with E-state index in [4.69, 9.17) is 14.7 Å². The number of nitrogens with one attached hydrogen (secondary N) is 1. The van der Waals surface area contributed by atoms with Crippen LogP contribution in [0.4, 0.5) is 5.69 Å². The number of hydrogen-bond donors (Lipinski definition) is 1. The Kier molecular flexibility index (Phi) is 6.85. The summed E-state index contributed by atoms with van der Waals surface area (Å²) in [6.45, 7) is 4.79. The number of aryl methyl sites for hydroxylation is 1. The van der Waals surface area contributed by atoms with Crippen LogP contribution in [-0.2, 0) is 16.0 Å². The van der Waals surface area contributed by atoms with E-state index in [1.807, 2.05) is 37.3 Å². The zero-order chi connectivity index (χ0) is 18.1. The fourth-order valence-corrected chi connectivity index (χ4v) is 2.35. The van der Waals surface area contributed by atoms with Gasteiger partial charge in [-0.25, -0.2) is 0 Å². The Labute approximate surface area is 148 Å². The van der Waals surface area contributed by atoms with Crippen LogP contribution in [-0.4, -0.2) is 25.7 Å². The second-order valence-electron chi connectivity index (χ2n) is 5.60. The summed E-state index contributed by atoms with van der Waals surface area (Å²) in [4.78, 5) is 11.4. The van der Waals surface area contributed by atoms with Crippen molar-refractivity contribution in [1.29, 1.82) is 5.26 Å². The van der Waals surface area contributed by atoms with E-state index in [1.165, 1.54) is 0 Å². The topological polar surface area (TPSA) is 71.3 Å². The van der Waals surface area contributed by atoms with Crippen LogP contribution in [0.3, 0.4) is 0 Å². The first-order valence-electron chi connectivity index (χ1n) is 8.23. The lowest BCUT2D eigenvalue weighted by Crippen LogP contribution is -2.16. The summed E-state index contributed by atoms with van der Waals surface area (Å²) in [6.07, 6.45) is 0.755. The third-order valence-electron chi connectivity index (χ3n) is 3.54. The number of nitrogens with zero attached hydrogens (tertiary/aromatic N) is 1. The van der Waals surface area contributed by atoms with E-state index in [2.05, 4.69) is 11.4 Å². The molecule has 2 aromatic carbocycles. The number of carbonyl (C=O) groups excluding carboxylic acids is 1. The molecule has 0 spiro atoms. The van der Waals surface area contributed by atoms with Crippen LogP contribution in [0.2, 0.25) is 0 Å². The molecular formula is C20H22N2O3. The number of anilines is 1. The minimum absolute atomic E-state index is 0.127. The number of hydrogen-bond acceptors (Lipinski definition) is 5. The summed E-state index contributed by atoms with van der Waals surface area (Å²) < 4.78 is 10.7. The molecule has 2 rings (SSSR count). The first kappa shape index (κ1) is 18.3. The lowest BCUT2D eigenvalue weighted by atomic mass is 10.1. The van der Waals surface area contributed by atoms with Gasteiger partial charge < -0.3 is 14.8 Å². The Balaban J connectivity index is 1.88. The third-order valence-corrected chi connectivity index (χ3v) is 3.54. The predicted octanol–water partition coefficient (Wildman–Crippen LogP) is 3.46. The molecule has 0 fully saturated rings. The van der Waals surface area contributed by atoms with Gasteiger partial charge in [0.25, 0.3) is 0 Å². The van der Waals surface area contributed by atoms with Gasteiger partial charge in [0.2, 0.25) is 0 Å². The average Bonchev–Trinajstić information content (AvgIpc) is 2.60. The summed E-state index contributed by atoms with van der Waals surface area (Å²) in [5.41, 5.74) is 3.64. The Hall–Kier alpha value is -3.00. The predicted molar refractivity (Wildman–Crippen MR) is 96.7 cm³/mol. The maximum Gasteiger partial charge on any atom is 0.325 e. The average molecular weight is 338 g/mol. The molecular weight excluding hydrogens is 316 g/mol. The number of benzene rings is 2. The van der Waals surface area contributed by atoms with Crippen LogP contribution in [0.15, 0.2) is 42.5 Å². The van der Waals surface area contributed by atoms with Crippen LogP contribution in [0, 0.1) is 18.3 Å². The molecule has 0 saturated carbocycles. The first-order chi connectivity index (χ1) is 12.1. The van der Waals surface area contributed by atoms with Crippen molar-refractivity contribution in [2.24, 2.45) is 0 Å². The van der Waals surface area contributed by atoms with Gasteiger partial charge in [-0.3, -0.25) is 4.79 Å². The summed E-state index contributed by atoms with van der Waals surface area (Å²) in [6, 6.07) is 15.4. The fraction of sp³-hybridized carbons (Fsp3) is 0.300. The zero-order valence-corrected chi connectivity index (χ0v) is 14.5. The molecule has 130 valence electrons. The molecule has 0 unspecified atom stereocenters. The van der Waals surface area contributed by atoms with Gasteiger partial charge >= 0.3 is 5.97 Å². The highest BCUT2D eigenvalue weighted by atomic mass is 16.5. The summed E-state index contributed by atoms with van der Waals surface area (Å²) in [7, 11) is 0. The monoisotopic (exact) mass is 338 g/mol. The second-order valence-corrected chi connectivity index (χ2v) is 5.60. The van der Waals surface area contributed by atoms with Gasteiger partial charge in [0.05, 0.1) is 24.8 Å². The van der Waals surface area contributed by atoms with Gasteiger partial charge in [0.1, 0.15) is 12.3 Å². The summed E-state index contributed by atoms with van der Waals surface area (Å²) in [5, 5.41) is 11.8. The number of ether oxygens (including phenoxy) is 2. The normalized spacial score (nSPS) is 9.96. The molecule has 0 aliphatic carbocycles. The van der Waals surface area contributed by atoms with E-state index in [1.54, 1.807) is 19.1 Å². The molecule has 0 saturated heterocycles. The van der Waals surface area contributed by atoms with E-state index < -0.39 is 0 Å². The highest BCUT2D eigenvalue weighted by Gasteiger charge is 2.04. The van der Waals surface area contributed by atoms with E-state index in [0.29, 0.717) is 18.8 Å². The molecule has 5 nitrogen and oxygen atoms in total. The SMILES string of the molecule is CCOC(=O)CNc1cc(C)cc(OCCc2ccc(C#N)cc2)c1. The quantitative estimate of drug-likeness (QED) is 0.746. The van der Waals surface area contributed by atoms with Crippen LogP contribution in [0.5, 0.6) is 5.75 Å². The van der Waals surface area contributed by atoms with Gasteiger partial charge in [0, 0.05) is 18.2 Å². The fourth-order valence-electron chi connectivity index (χ4n) is 2.35. The standard InChI is InChI=1S/C20H22N2O3/c1-3-24-20(23)14-22-18-10-15(2)11-19(12-18)25-9-8-16-4-6-17(13-21)7-5-16/h4-7,10-12,22H,3,8-9,14H2,1-2H3. The van der Waals surface area contributed by atoms with E-state index in [9.17, 15) is 4.79 Å². The molecule has 5 heteroatoms. The van der Waals surface area contributed by atoms with Crippen LogP contribution in [0.25, 0.3) is 0 Å². The molecule has 0 atom stereocenters. The minimum atomic E-state index is -0.285. The van der Waals surface area contributed by atoms with Crippen molar-refractivity contribution in [3.63, 3.8) is 0 Å². The molecule has 0 radical (unpaired) electrons. The first-order valence-corrected chi connectivity index (χ1v) is 8.23. The van der Waals surface area contributed by atoms with Crippen molar-refractivity contribution in [2.45, 2.75) is 20.3 Å². The van der Waals surface area contributed by atoms with Crippen molar-refractivity contribution in [2.75, 3.05) is 25.1 Å². The molecule has 0 heterocycles. The molecule has 2 aromatic rings. The van der Waals surface area contributed by atoms with Gasteiger partial charge in [-0.1, -0.05) is 12.1 Å². The smallest absolute Gasteiger partial charge is 0.325 e. The summed E-state index contributed by atoms with van der Waals surface area (Å²) in [5.74, 6) is 0.465. The molecule has 0 bridgehead atoms. The van der Waals surface area contributed by atoms with Crippen molar-refractivity contribution in [3.05, 3.63) is 59.2 Å². The van der Waals surface area contributed by atoms with E-state index in [-0.39, 0.29) is 12.5 Å². The second kappa shape index (κ2) is 9.33. The van der Waals surface area contributed by atoms with Crippen LogP contribution < -0.4 is 10.1 Å². The van der Waals surface area contributed by atoms with Gasteiger partial charge in [0.15, 0.2) is 0 Å². The Morgan fingerprint density at radius 2 is 1.96 bits per heavy atom. The zero-order valence-electron chi connectivity index (χ0n) is 14.5. The summed E-state index contributed by atoms with van der Waals surface area (Å²) >= 11 is 0. The maximum absolute atomic E-state index is 11.4.